The maximum Gasteiger partial charge on any atom is 0.162 e. The standard InChI is InChI=1S/C26H27ClFNO2/c27-23-11-8-19-17-21(7-6-20(19)18-23)25(30)5-4-14-26(31,29-15-2-1-3-16-29)22-9-12-24(28)13-10-22/h6-13,17-18,31H,1-5,14-16H2. The van der Waals surface area contributed by atoms with E-state index in [1.54, 1.807) is 12.1 Å². The van der Waals surface area contributed by atoms with E-state index < -0.39 is 5.72 Å². The number of halogens is 2. The lowest BCUT2D eigenvalue weighted by atomic mass is 9.91. The minimum Gasteiger partial charge on any atom is -0.371 e. The molecule has 31 heavy (non-hydrogen) atoms. The van der Waals surface area contributed by atoms with Crippen molar-refractivity contribution >= 4 is 28.2 Å². The van der Waals surface area contributed by atoms with Gasteiger partial charge >= 0.3 is 0 Å². The summed E-state index contributed by atoms with van der Waals surface area (Å²) in [6.07, 6.45) is 4.53. The molecule has 1 aliphatic heterocycles. The normalized spacial score (nSPS) is 16.9. The van der Waals surface area contributed by atoms with Crippen molar-refractivity contribution in [3.63, 3.8) is 0 Å². The minimum absolute atomic E-state index is 0.0527. The number of nitrogens with zero attached hydrogens (tertiary/aromatic N) is 1. The average Bonchev–Trinajstić information content (AvgIpc) is 2.79. The number of benzene rings is 3. The van der Waals surface area contributed by atoms with Crippen LogP contribution in [0, 0.1) is 5.82 Å². The predicted molar refractivity (Wildman–Crippen MR) is 123 cm³/mol. The summed E-state index contributed by atoms with van der Waals surface area (Å²) in [5.74, 6) is -0.269. The summed E-state index contributed by atoms with van der Waals surface area (Å²) in [4.78, 5) is 14.9. The number of carbonyl (C=O) groups excluding carboxylic acids is 1. The van der Waals surface area contributed by atoms with Crippen LogP contribution in [0.3, 0.4) is 0 Å². The number of likely N-dealkylation sites (tertiary alicyclic amines) is 1. The lowest BCUT2D eigenvalue weighted by Crippen LogP contribution is -2.48. The predicted octanol–water partition coefficient (Wildman–Crippen LogP) is 6.32. The van der Waals surface area contributed by atoms with Crippen molar-refractivity contribution in [1.29, 1.82) is 0 Å². The highest BCUT2D eigenvalue weighted by molar-refractivity contribution is 6.31. The molecule has 3 aromatic rings. The van der Waals surface area contributed by atoms with Crippen molar-refractivity contribution in [1.82, 2.24) is 4.90 Å². The van der Waals surface area contributed by atoms with E-state index in [-0.39, 0.29) is 11.6 Å². The summed E-state index contributed by atoms with van der Waals surface area (Å²) in [5.41, 5.74) is 0.165. The van der Waals surface area contributed by atoms with Crippen LogP contribution < -0.4 is 0 Å². The first-order valence-corrected chi connectivity index (χ1v) is 11.3. The summed E-state index contributed by atoms with van der Waals surface area (Å²) in [6, 6.07) is 17.3. The maximum absolute atomic E-state index is 13.4. The fourth-order valence-electron chi connectivity index (χ4n) is 4.50. The van der Waals surface area contributed by atoms with Crippen molar-refractivity contribution in [2.75, 3.05) is 13.1 Å². The zero-order chi connectivity index (χ0) is 21.8. The number of Topliss-reactive ketones (excluding diaryl/α,β-unsaturated/α-hetero) is 1. The molecule has 4 rings (SSSR count). The highest BCUT2D eigenvalue weighted by Crippen LogP contribution is 2.34. The molecule has 0 aliphatic carbocycles. The Bertz CT molecular complexity index is 1060. The summed E-state index contributed by atoms with van der Waals surface area (Å²) in [6.45, 7) is 1.60. The molecule has 0 aromatic heterocycles. The van der Waals surface area contributed by atoms with Crippen LogP contribution in [0.2, 0.25) is 5.02 Å². The number of piperidine rings is 1. The van der Waals surface area contributed by atoms with Crippen molar-refractivity contribution < 1.29 is 14.3 Å². The van der Waals surface area contributed by atoms with Crippen LogP contribution in [0.5, 0.6) is 0 Å². The van der Waals surface area contributed by atoms with Crippen molar-refractivity contribution in [3.05, 3.63) is 82.6 Å². The molecule has 1 aliphatic rings. The number of hydrogen-bond donors (Lipinski definition) is 1. The van der Waals surface area contributed by atoms with Gasteiger partial charge in [0.15, 0.2) is 5.78 Å². The molecule has 5 heteroatoms. The summed E-state index contributed by atoms with van der Waals surface area (Å²) >= 11 is 6.04. The quantitative estimate of drug-likeness (QED) is 0.438. The zero-order valence-corrected chi connectivity index (χ0v) is 18.2. The van der Waals surface area contributed by atoms with Gasteiger partial charge in [0, 0.05) is 30.1 Å². The first-order valence-electron chi connectivity index (χ1n) is 10.9. The second-order valence-corrected chi connectivity index (χ2v) is 8.79. The summed E-state index contributed by atoms with van der Waals surface area (Å²) in [7, 11) is 0. The van der Waals surface area contributed by atoms with Crippen LogP contribution in [0.25, 0.3) is 10.8 Å². The molecule has 0 amide bonds. The molecular weight excluding hydrogens is 413 g/mol. The van der Waals surface area contributed by atoms with Crippen LogP contribution in [0.15, 0.2) is 60.7 Å². The number of rotatable bonds is 7. The van der Waals surface area contributed by atoms with E-state index in [1.807, 2.05) is 36.4 Å². The monoisotopic (exact) mass is 439 g/mol. The Balaban J connectivity index is 1.47. The molecule has 3 nitrogen and oxygen atoms in total. The second kappa shape index (κ2) is 9.47. The van der Waals surface area contributed by atoms with Gasteiger partial charge in [0.2, 0.25) is 0 Å². The van der Waals surface area contributed by atoms with Crippen molar-refractivity contribution in [2.24, 2.45) is 0 Å². The third-order valence-corrected chi connectivity index (χ3v) is 6.47. The Kier molecular flexibility index (Phi) is 6.71. The molecule has 1 saturated heterocycles. The van der Waals surface area contributed by atoms with Crippen LogP contribution in [-0.4, -0.2) is 28.9 Å². The second-order valence-electron chi connectivity index (χ2n) is 8.35. The SMILES string of the molecule is O=C(CCCC(O)(c1ccc(F)cc1)N1CCCCC1)c1ccc2cc(Cl)ccc2c1. The minimum atomic E-state index is -1.19. The summed E-state index contributed by atoms with van der Waals surface area (Å²) < 4.78 is 13.4. The van der Waals surface area contributed by atoms with E-state index in [0.717, 1.165) is 43.1 Å². The van der Waals surface area contributed by atoms with E-state index in [1.165, 1.54) is 12.1 Å². The molecule has 1 atom stereocenters. The molecule has 1 unspecified atom stereocenters. The molecule has 0 bridgehead atoms. The number of hydrogen-bond acceptors (Lipinski definition) is 3. The number of aliphatic hydroxyl groups is 1. The number of ketones is 1. The molecule has 3 aromatic carbocycles. The third kappa shape index (κ3) is 4.98. The van der Waals surface area contributed by atoms with Crippen molar-refractivity contribution in [3.8, 4) is 0 Å². The van der Waals surface area contributed by atoms with Gasteiger partial charge in [0.1, 0.15) is 11.5 Å². The van der Waals surface area contributed by atoms with E-state index in [4.69, 9.17) is 11.6 Å². The van der Waals surface area contributed by atoms with Crippen LogP contribution in [0.4, 0.5) is 4.39 Å². The molecule has 1 heterocycles. The van der Waals surface area contributed by atoms with E-state index in [2.05, 4.69) is 4.90 Å². The van der Waals surface area contributed by atoms with Gasteiger partial charge in [-0.15, -0.1) is 0 Å². The number of fused-ring (bicyclic) bond motifs is 1. The smallest absolute Gasteiger partial charge is 0.162 e. The molecule has 0 spiro atoms. The Morgan fingerprint density at radius 1 is 0.968 bits per heavy atom. The fraction of sp³-hybridized carbons (Fsp3) is 0.346. The largest absolute Gasteiger partial charge is 0.371 e. The van der Waals surface area contributed by atoms with Gasteiger partial charge in [-0.1, -0.05) is 48.4 Å². The Labute approximate surface area is 187 Å². The Morgan fingerprint density at radius 3 is 2.39 bits per heavy atom. The van der Waals surface area contributed by atoms with Crippen LogP contribution >= 0.6 is 11.6 Å². The van der Waals surface area contributed by atoms with E-state index >= 15 is 0 Å². The molecule has 0 saturated carbocycles. The highest BCUT2D eigenvalue weighted by atomic mass is 35.5. The highest BCUT2D eigenvalue weighted by Gasteiger charge is 2.36. The van der Waals surface area contributed by atoms with Crippen LogP contribution in [-0.2, 0) is 5.72 Å². The molecule has 1 N–H and O–H groups in total. The molecule has 1 fully saturated rings. The van der Waals surface area contributed by atoms with Gasteiger partial charge in [0.05, 0.1) is 0 Å². The average molecular weight is 440 g/mol. The molecule has 0 radical (unpaired) electrons. The molecular formula is C26H27ClFNO2. The van der Waals surface area contributed by atoms with Gasteiger partial charge in [-0.2, -0.15) is 0 Å². The van der Waals surface area contributed by atoms with Gasteiger partial charge < -0.3 is 5.11 Å². The van der Waals surface area contributed by atoms with Gasteiger partial charge in [-0.05, 0) is 72.4 Å². The lowest BCUT2D eigenvalue weighted by Gasteiger charge is -2.42. The summed E-state index contributed by atoms with van der Waals surface area (Å²) in [5, 5.41) is 14.3. The van der Waals surface area contributed by atoms with E-state index in [0.29, 0.717) is 35.4 Å². The zero-order valence-electron chi connectivity index (χ0n) is 17.5. The Morgan fingerprint density at radius 2 is 1.65 bits per heavy atom. The van der Waals surface area contributed by atoms with Gasteiger partial charge in [-0.3, -0.25) is 9.69 Å². The third-order valence-electron chi connectivity index (χ3n) is 6.24. The van der Waals surface area contributed by atoms with Gasteiger partial charge in [-0.25, -0.2) is 4.39 Å². The Hall–Kier alpha value is -2.27. The van der Waals surface area contributed by atoms with Crippen molar-refractivity contribution in [2.45, 2.75) is 44.2 Å². The first-order chi connectivity index (χ1) is 15.0. The number of carbonyl (C=O) groups is 1. The molecule has 162 valence electrons. The lowest BCUT2D eigenvalue weighted by molar-refractivity contribution is -0.130. The van der Waals surface area contributed by atoms with E-state index in [9.17, 15) is 14.3 Å². The fourth-order valence-corrected chi connectivity index (χ4v) is 4.68. The van der Waals surface area contributed by atoms with Crippen LogP contribution in [0.1, 0.15) is 54.4 Å². The topological polar surface area (TPSA) is 40.5 Å². The maximum atomic E-state index is 13.4. The van der Waals surface area contributed by atoms with Gasteiger partial charge in [0.25, 0.3) is 0 Å². The first kappa shape index (κ1) is 21.9.